The highest BCUT2D eigenvalue weighted by molar-refractivity contribution is 8.00. The van der Waals surface area contributed by atoms with Gasteiger partial charge in [-0.05, 0) is 43.1 Å². The smallest absolute Gasteiger partial charge is 0.326 e. The number of ether oxygens (including phenoxy) is 3. The average molecular weight is 507 g/mol. The van der Waals surface area contributed by atoms with E-state index in [1.54, 1.807) is 7.11 Å². The third kappa shape index (κ3) is 6.23. The molecular formula is C28H30N2O5S. The normalized spacial score (nSPS) is 11.3. The minimum atomic E-state index is -0.369. The van der Waals surface area contributed by atoms with Gasteiger partial charge in [0.05, 0.1) is 44.9 Å². The van der Waals surface area contributed by atoms with E-state index in [4.69, 9.17) is 20.6 Å². The Morgan fingerprint density at radius 3 is 2.17 bits per heavy atom. The zero-order valence-corrected chi connectivity index (χ0v) is 21.7. The molecule has 3 rings (SSSR count). The Morgan fingerprint density at radius 2 is 1.53 bits per heavy atom. The lowest BCUT2D eigenvalue weighted by Gasteiger charge is -2.31. The van der Waals surface area contributed by atoms with Gasteiger partial charge < -0.3 is 23.4 Å². The summed E-state index contributed by atoms with van der Waals surface area (Å²) in [5.41, 5.74) is 1.72. The van der Waals surface area contributed by atoms with E-state index in [1.807, 2.05) is 76.8 Å². The molecule has 7 nitrogen and oxygen atoms in total. The van der Waals surface area contributed by atoms with Crippen LogP contribution in [0.5, 0.6) is 5.75 Å². The number of carbonyl (C=O) groups excluding carboxylic acids is 2. The lowest BCUT2D eigenvalue weighted by molar-refractivity contribution is -0.141. The van der Waals surface area contributed by atoms with Crippen LogP contribution >= 0.6 is 11.9 Å². The number of esters is 2. The van der Waals surface area contributed by atoms with Crippen LogP contribution in [0.25, 0.3) is 10.8 Å². The second kappa shape index (κ2) is 12.8. The summed E-state index contributed by atoms with van der Waals surface area (Å²) in [6.07, 6.45) is 5.89. The number of benzene rings is 3. The number of carbonyl (C=O) groups is 2. The molecule has 0 radical (unpaired) electrons. The fourth-order valence-electron chi connectivity index (χ4n) is 3.91. The maximum absolute atomic E-state index is 12.4. The maximum atomic E-state index is 12.4. The first-order valence-electron chi connectivity index (χ1n) is 11.4. The molecule has 0 spiro atoms. The molecule has 0 heterocycles. The second-order valence-electron chi connectivity index (χ2n) is 7.97. The van der Waals surface area contributed by atoms with Gasteiger partial charge >= 0.3 is 11.9 Å². The van der Waals surface area contributed by atoms with E-state index < -0.39 is 0 Å². The van der Waals surface area contributed by atoms with Crippen molar-refractivity contribution in [3.63, 3.8) is 0 Å². The maximum Gasteiger partial charge on any atom is 0.326 e. The second-order valence-corrected chi connectivity index (χ2v) is 9.03. The Balaban J connectivity index is 2.11. The number of para-hydroxylation sites is 1. The van der Waals surface area contributed by atoms with Crippen LogP contribution in [0.2, 0.25) is 0 Å². The number of fused-ring (bicyclic) bond motifs is 1. The summed E-state index contributed by atoms with van der Waals surface area (Å²) in [6.45, 7) is 2.29. The van der Waals surface area contributed by atoms with Gasteiger partial charge in [0, 0.05) is 22.5 Å². The van der Waals surface area contributed by atoms with Crippen molar-refractivity contribution in [3.05, 3.63) is 60.7 Å². The van der Waals surface area contributed by atoms with Gasteiger partial charge in [-0.3, -0.25) is 9.59 Å². The monoisotopic (exact) mass is 506 g/mol. The highest BCUT2D eigenvalue weighted by Crippen LogP contribution is 2.41. The van der Waals surface area contributed by atoms with Crippen LogP contribution < -0.4 is 13.9 Å². The highest BCUT2D eigenvalue weighted by Gasteiger charge is 2.23. The zero-order chi connectivity index (χ0) is 26.1. The lowest BCUT2D eigenvalue weighted by Crippen LogP contribution is -2.35. The highest BCUT2D eigenvalue weighted by atomic mass is 32.2. The molecule has 8 heteroatoms. The molecule has 0 amide bonds. The standard InChI is InChI=1S/C28H30N2O5S/c1-6-17-29(20(2)18-27(31)34-4)23-15-16-24(22-12-8-7-11-21(22)23)30(19-28(32)35-5)36-26-14-10-9-13-25(26)33-3/h1,7-16,20H,17-19H2,2-5H3/t20-/m0/s1. The van der Waals surface area contributed by atoms with Crippen molar-refractivity contribution >= 4 is 46.0 Å². The molecule has 0 saturated heterocycles. The van der Waals surface area contributed by atoms with Gasteiger partial charge in [0.15, 0.2) is 0 Å². The molecule has 0 bridgehead atoms. The lowest BCUT2D eigenvalue weighted by atomic mass is 10.0. The molecule has 0 fully saturated rings. The molecule has 3 aromatic carbocycles. The topological polar surface area (TPSA) is 68.3 Å². The van der Waals surface area contributed by atoms with Gasteiger partial charge in [0.2, 0.25) is 0 Å². The summed E-state index contributed by atoms with van der Waals surface area (Å²) >= 11 is 1.39. The van der Waals surface area contributed by atoms with E-state index in [-0.39, 0.29) is 30.9 Å². The average Bonchev–Trinajstić information content (AvgIpc) is 2.90. The summed E-state index contributed by atoms with van der Waals surface area (Å²) in [7, 11) is 4.36. The van der Waals surface area contributed by atoms with Crippen molar-refractivity contribution in [3.8, 4) is 18.1 Å². The number of methoxy groups -OCH3 is 3. The van der Waals surface area contributed by atoms with Crippen LogP contribution in [0, 0.1) is 12.3 Å². The van der Waals surface area contributed by atoms with Gasteiger partial charge in [-0.25, -0.2) is 0 Å². The van der Waals surface area contributed by atoms with Gasteiger partial charge in [-0.15, -0.1) is 6.42 Å². The van der Waals surface area contributed by atoms with Gasteiger partial charge in [-0.1, -0.05) is 42.3 Å². The van der Waals surface area contributed by atoms with Crippen LogP contribution in [0.1, 0.15) is 13.3 Å². The number of terminal acetylenes is 1. The van der Waals surface area contributed by atoms with Gasteiger partial charge in [0.25, 0.3) is 0 Å². The van der Waals surface area contributed by atoms with E-state index in [2.05, 4.69) is 5.92 Å². The molecule has 188 valence electrons. The minimum Gasteiger partial charge on any atom is -0.496 e. The molecule has 0 saturated carbocycles. The molecule has 0 N–H and O–H groups in total. The third-order valence-electron chi connectivity index (χ3n) is 5.72. The molecule has 0 aliphatic rings. The largest absolute Gasteiger partial charge is 0.496 e. The first-order chi connectivity index (χ1) is 17.4. The van der Waals surface area contributed by atoms with Crippen LogP contribution in [-0.2, 0) is 19.1 Å². The van der Waals surface area contributed by atoms with E-state index in [0.29, 0.717) is 12.3 Å². The SMILES string of the molecule is C#CCN(c1ccc(N(CC(=O)OC)Sc2ccccc2OC)c2ccccc12)[C@@H](C)CC(=O)OC. The van der Waals surface area contributed by atoms with Crippen LogP contribution in [-0.4, -0.2) is 52.4 Å². The fraction of sp³-hybridized carbons (Fsp3) is 0.286. The summed E-state index contributed by atoms with van der Waals surface area (Å²) < 4.78 is 17.3. The van der Waals surface area contributed by atoms with Crippen LogP contribution in [0.3, 0.4) is 0 Å². The van der Waals surface area contributed by atoms with Gasteiger partial charge in [0.1, 0.15) is 12.3 Å². The summed E-state index contributed by atoms with van der Waals surface area (Å²) in [5.74, 6) is 2.74. The van der Waals surface area contributed by atoms with Crippen molar-refractivity contribution in [1.82, 2.24) is 0 Å². The molecule has 0 aliphatic heterocycles. The molecule has 0 aromatic heterocycles. The third-order valence-corrected chi connectivity index (χ3v) is 6.80. The van der Waals surface area contributed by atoms with Crippen LogP contribution in [0.4, 0.5) is 11.4 Å². The number of nitrogens with zero attached hydrogens (tertiary/aromatic N) is 2. The van der Waals surface area contributed by atoms with Crippen molar-refractivity contribution < 1.29 is 23.8 Å². The first-order valence-corrected chi connectivity index (χ1v) is 12.1. The van der Waals surface area contributed by atoms with Crippen molar-refractivity contribution in [2.75, 3.05) is 43.6 Å². The van der Waals surface area contributed by atoms with Crippen molar-refractivity contribution in [2.45, 2.75) is 24.3 Å². The molecule has 0 unspecified atom stereocenters. The molecule has 3 aromatic rings. The van der Waals surface area contributed by atoms with E-state index in [0.717, 1.165) is 27.0 Å². The van der Waals surface area contributed by atoms with Crippen LogP contribution in [0.15, 0.2) is 65.6 Å². The molecule has 1 atom stereocenters. The van der Waals surface area contributed by atoms with E-state index >= 15 is 0 Å². The predicted molar refractivity (Wildman–Crippen MR) is 144 cm³/mol. The summed E-state index contributed by atoms with van der Waals surface area (Å²) in [5, 5.41) is 1.87. The van der Waals surface area contributed by atoms with E-state index in [9.17, 15) is 9.59 Å². The zero-order valence-electron chi connectivity index (χ0n) is 20.9. The molecule has 36 heavy (non-hydrogen) atoms. The number of anilines is 2. The Bertz CT molecular complexity index is 1260. The number of rotatable bonds is 11. The first kappa shape index (κ1) is 26.8. The van der Waals surface area contributed by atoms with Gasteiger partial charge in [-0.2, -0.15) is 0 Å². The molecular weight excluding hydrogens is 476 g/mol. The van der Waals surface area contributed by atoms with Crippen molar-refractivity contribution in [1.29, 1.82) is 0 Å². The molecule has 0 aliphatic carbocycles. The quantitative estimate of drug-likeness (QED) is 0.206. The number of hydrogen-bond donors (Lipinski definition) is 0. The summed E-state index contributed by atoms with van der Waals surface area (Å²) in [6, 6.07) is 19.3. The Morgan fingerprint density at radius 1 is 0.917 bits per heavy atom. The Hall–Kier alpha value is -3.83. The minimum absolute atomic E-state index is 0.0232. The Kier molecular flexibility index (Phi) is 9.48. The fourth-order valence-corrected chi connectivity index (χ4v) is 4.95. The van der Waals surface area contributed by atoms with E-state index in [1.165, 1.54) is 26.2 Å². The summed E-state index contributed by atoms with van der Waals surface area (Å²) in [4.78, 5) is 27.2. The van der Waals surface area contributed by atoms with Crippen molar-refractivity contribution in [2.24, 2.45) is 0 Å². The Labute approximate surface area is 216 Å². The number of hydrogen-bond acceptors (Lipinski definition) is 8. The predicted octanol–water partition coefficient (Wildman–Crippen LogP) is 4.93.